The minimum atomic E-state index is -0.247. The number of aromatic nitrogens is 4. The number of nitrogens with one attached hydrogen (secondary N) is 1. The van der Waals surface area contributed by atoms with Crippen LogP contribution < -0.4 is 10.1 Å². The summed E-state index contributed by atoms with van der Waals surface area (Å²) in [6, 6.07) is 7.06. The van der Waals surface area contributed by atoms with Gasteiger partial charge in [-0.05, 0) is 51.5 Å². The molecule has 2 heterocycles. The molecule has 28 heavy (non-hydrogen) atoms. The van der Waals surface area contributed by atoms with Crippen molar-refractivity contribution in [1.82, 2.24) is 24.9 Å². The standard InChI is InChI=1S/C20H24ClN5O2/c1-5-26-15(4)16(11-22-26)14(3)23-20(27)18-8-9-25(24-18)12-28-19-10-13(2)6-7-17(19)21/h6-11,14H,5,12H2,1-4H3,(H,23,27). The number of hydrogen-bond acceptors (Lipinski definition) is 4. The van der Waals surface area contributed by atoms with Gasteiger partial charge < -0.3 is 10.1 Å². The summed E-state index contributed by atoms with van der Waals surface area (Å²) in [6.07, 6.45) is 3.49. The van der Waals surface area contributed by atoms with E-state index in [0.29, 0.717) is 16.5 Å². The van der Waals surface area contributed by atoms with Crippen molar-refractivity contribution in [3.8, 4) is 5.75 Å². The molecule has 8 heteroatoms. The van der Waals surface area contributed by atoms with Gasteiger partial charge in [0.25, 0.3) is 5.91 Å². The highest BCUT2D eigenvalue weighted by atomic mass is 35.5. The van der Waals surface area contributed by atoms with Crippen molar-refractivity contribution in [3.63, 3.8) is 0 Å². The molecule has 0 fully saturated rings. The Morgan fingerprint density at radius 2 is 2.11 bits per heavy atom. The van der Waals surface area contributed by atoms with E-state index in [1.165, 1.54) is 0 Å². The lowest BCUT2D eigenvalue weighted by Gasteiger charge is -2.13. The summed E-state index contributed by atoms with van der Waals surface area (Å²) in [5.41, 5.74) is 3.42. The molecule has 1 N–H and O–H groups in total. The number of nitrogens with zero attached hydrogens (tertiary/aromatic N) is 4. The maximum Gasteiger partial charge on any atom is 0.272 e. The van der Waals surface area contributed by atoms with Crippen LogP contribution in [0.3, 0.4) is 0 Å². The summed E-state index contributed by atoms with van der Waals surface area (Å²) < 4.78 is 9.16. The molecular weight excluding hydrogens is 378 g/mol. The zero-order chi connectivity index (χ0) is 20.3. The second-order valence-corrected chi connectivity index (χ2v) is 7.05. The second-order valence-electron chi connectivity index (χ2n) is 6.64. The fraction of sp³-hybridized carbons (Fsp3) is 0.350. The predicted molar refractivity (Wildman–Crippen MR) is 108 cm³/mol. The minimum absolute atomic E-state index is 0.161. The third kappa shape index (κ3) is 4.36. The molecule has 1 aromatic carbocycles. The first-order valence-electron chi connectivity index (χ1n) is 9.14. The highest BCUT2D eigenvalue weighted by Crippen LogP contribution is 2.25. The summed E-state index contributed by atoms with van der Waals surface area (Å²) in [5.74, 6) is 0.337. The van der Waals surface area contributed by atoms with E-state index in [9.17, 15) is 4.79 Å². The smallest absolute Gasteiger partial charge is 0.272 e. The highest BCUT2D eigenvalue weighted by Gasteiger charge is 2.17. The monoisotopic (exact) mass is 401 g/mol. The lowest BCUT2D eigenvalue weighted by atomic mass is 10.1. The number of rotatable bonds is 7. The fourth-order valence-electron chi connectivity index (χ4n) is 2.96. The molecule has 0 bridgehead atoms. The molecule has 0 aliphatic rings. The third-order valence-corrected chi connectivity index (χ3v) is 4.88. The maximum absolute atomic E-state index is 12.5. The first-order valence-corrected chi connectivity index (χ1v) is 9.52. The normalized spacial score (nSPS) is 12.0. The van der Waals surface area contributed by atoms with Gasteiger partial charge in [-0.1, -0.05) is 17.7 Å². The van der Waals surface area contributed by atoms with Gasteiger partial charge in [-0.3, -0.25) is 9.48 Å². The van der Waals surface area contributed by atoms with E-state index < -0.39 is 0 Å². The molecule has 3 rings (SSSR count). The summed E-state index contributed by atoms with van der Waals surface area (Å²) in [5, 5.41) is 12.1. The summed E-state index contributed by atoms with van der Waals surface area (Å²) in [4.78, 5) is 12.5. The lowest BCUT2D eigenvalue weighted by Crippen LogP contribution is -2.27. The fourth-order valence-corrected chi connectivity index (χ4v) is 3.14. The van der Waals surface area contributed by atoms with E-state index in [1.54, 1.807) is 29.2 Å². The molecule has 0 spiro atoms. The van der Waals surface area contributed by atoms with Gasteiger partial charge in [0.1, 0.15) is 11.4 Å². The molecule has 3 aromatic rings. The highest BCUT2D eigenvalue weighted by molar-refractivity contribution is 6.32. The lowest BCUT2D eigenvalue weighted by molar-refractivity contribution is 0.0932. The van der Waals surface area contributed by atoms with E-state index in [2.05, 4.69) is 15.5 Å². The van der Waals surface area contributed by atoms with E-state index in [-0.39, 0.29) is 18.7 Å². The van der Waals surface area contributed by atoms with E-state index in [0.717, 1.165) is 23.4 Å². The molecule has 148 valence electrons. The zero-order valence-corrected chi connectivity index (χ0v) is 17.2. The average molecular weight is 402 g/mol. The van der Waals surface area contributed by atoms with Crippen molar-refractivity contribution in [1.29, 1.82) is 0 Å². The number of halogens is 1. The summed E-state index contributed by atoms with van der Waals surface area (Å²) >= 11 is 6.13. The first kappa shape index (κ1) is 19.9. The minimum Gasteiger partial charge on any atom is -0.470 e. The van der Waals surface area contributed by atoms with E-state index in [4.69, 9.17) is 16.3 Å². The Labute approximate surface area is 169 Å². The number of aryl methyl sites for hydroxylation is 2. The number of ether oxygens (including phenoxy) is 1. The van der Waals surface area contributed by atoms with Crippen LogP contribution in [0.15, 0.2) is 36.7 Å². The Bertz CT molecular complexity index is 979. The van der Waals surface area contributed by atoms with Crippen LogP contribution >= 0.6 is 11.6 Å². The van der Waals surface area contributed by atoms with Gasteiger partial charge in [0.05, 0.1) is 17.3 Å². The topological polar surface area (TPSA) is 74.0 Å². The van der Waals surface area contributed by atoms with Crippen LogP contribution in [-0.2, 0) is 13.3 Å². The SMILES string of the molecule is CCn1ncc(C(C)NC(=O)c2ccn(COc3cc(C)ccc3Cl)n2)c1C. The Hall–Kier alpha value is -2.80. The van der Waals surface area contributed by atoms with E-state index in [1.807, 2.05) is 44.5 Å². The van der Waals surface area contributed by atoms with Crippen LogP contribution in [0.5, 0.6) is 5.75 Å². The van der Waals surface area contributed by atoms with Gasteiger partial charge in [-0.2, -0.15) is 10.2 Å². The molecule has 1 unspecified atom stereocenters. The summed E-state index contributed by atoms with van der Waals surface area (Å²) in [6.45, 7) is 8.88. The number of benzene rings is 1. The molecule has 0 aliphatic carbocycles. The molecule has 1 atom stereocenters. The molecule has 0 saturated carbocycles. The number of carbonyl (C=O) groups excluding carboxylic acids is 1. The van der Waals surface area contributed by atoms with Gasteiger partial charge in [0.15, 0.2) is 6.73 Å². The summed E-state index contributed by atoms with van der Waals surface area (Å²) in [7, 11) is 0. The van der Waals surface area contributed by atoms with Crippen molar-refractivity contribution in [2.45, 2.75) is 47.0 Å². The van der Waals surface area contributed by atoms with Gasteiger partial charge in [-0.25, -0.2) is 4.68 Å². The molecule has 0 radical (unpaired) electrons. The van der Waals surface area contributed by atoms with Gasteiger partial charge in [0, 0.05) is 24.0 Å². The van der Waals surface area contributed by atoms with Gasteiger partial charge >= 0.3 is 0 Å². The maximum atomic E-state index is 12.5. The average Bonchev–Trinajstić information content (AvgIpc) is 3.29. The zero-order valence-electron chi connectivity index (χ0n) is 16.4. The molecule has 2 aromatic heterocycles. The molecular formula is C20H24ClN5O2. The van der Waals surface area contributed by atoms with Crippen molar-refractivity contribution >= 4 is 17.5 Å². The second kappa shape index (κ2) is 8.48. The number of amides is 1. The number of hydrogen-bond donors (Lipinski definition) is 1. The van der Waals surface area contributed by atoms with Crippen LogP contribution in [0, 0.1) is 13.8 Å². The molecule has 0 aliphatic heterocycles. The van der Waals surface area contributed by atoms with Gasteiger partial charge in [-0.15, -0.1) is 0 Å². The predicted octanol–water partition coefficient (Wildman–Crippen LogP) is 3.90. The number of carbonyl (C=O) groups is 1. The Kier molecular flexibility index (Phi) is 6.04. The van der Waals surface area contributed by atoms with Crippen LogP contribution in [0.2, 0.25) is 5.02 Å². The Balaban J connectivity index is 1.62. The van der Waals surface area contributed by atoms with Gasteiger partial charge in [0.2, 0.25) is 0 Å². The van der Waals surface area contributed by atoms with Crippen LogP contribution in [0.4, 0.5) is 0 Å². The Morgan fingerprint density at radius 1 is 1.32 bits per heavy atom. The van der Waals surface area contributed by atoms with Crippen molar-refractivity contribution in [2.24, 2.45) is 0 Å². The molecule has 7 nitrogen and oxygen atoms in total. The Morgan fingerprint density at radius 3 is 2.82 bits per heavy atom. The largest absolute Gasteiger partial charge is 0.470 e. The van der Waals surface area contributed by atoms with Crippen LogP contribution in [0.1, 0.15) is 47.2 Å². The molecule has 0 saturated heterocycles. The van der Waals surface area contributed by atoms with E-state index >= 15 is 0 Å². The van der Waals surface area contributed by atoms with Crippen LogP contribution in [0.25, 0.3) is 0 Å². The van der Waals surface area contributed by atoms with Crippen LogP contribution in [-0.4, -0.2) is 25.5 Å². The third-order valence-electron chi connectivity index (χ3n) is 4.57. The first-order chi connectivity index (χ1) is 13.4. The van der Waals surface area contributed by atoms with Crippen molar-refractivity contribution in [2.75, 3.05) is 0 Å². The van der Waals surface area contributed by atoms with Crippen molar-refractivity contribution in [3.05, 3.63) is 64.2 Å². The quantitative estimate of drug-likeness (QED) is 0.651. The molecule has 1 amide bonds. The van der Waals surface area contributed by atoms with Crippen molar-refractivity contribution < 1.29 is 9.53 Å².